The summed E-state index contributed by atoms with van der Waals surface area (Å²) in [5, 5.41) is 0. The highest BCUT2D eigenvalue weighted by Crippen LogP contribution is 2.18. The first-order valence-corrected chi connectivity index (χ1v) is 5.84. The molecule has 0 saturated carbocycles. The zero-order valence-electron chi connectivity index (χ0n) is 7.53. The Morgan fingerprint density at radius 3 is 3.21 bits per heavy atom. The number of nitrogens with zero attached hydrogens (tertiary/aromatic N) is 1. The molecule has 2 rings (SSSR count). The minimum atomic E-state index is 0.811. The number of benzene rings is 1. The van der Waals surface area contributed by atoms with Crippen LogP contribution in [-0.2, 0) is 0 Å². The molecule has 1 heterocycles. The van der Waals surface area contributed by atoms with Crippen molar-refractivity contribution in [2.24, 2.45) is 0 Å². The molecular formula is C11H9NS2. The maximum atomic E-state index is 4.24. The van der Waals surface area contributed by atoms with Gasteiger partial charge in [-0.05, 0) is 18.2 Å². The molecule has 1 nitrogen and oxygen atoms in total. The molecule has 1 aromatic carbocycles. The summed E-state index contributed by atoms with van der Waals surface area (Å²) in [4.78, 5) is 4.24. The second-order valence-electron chi connectivity index (χ2n) is 2.81. The van der Waals surface area contributed by atoms with E-state index in [-0.39, 0.29) is 0 Å². The van der Waals surface area contributed by atoms with Gasteiger partial charge in [-0.15, -0.1) is 11.3 Å². The standard InChI is InChI=1S/C11H9NS2/c13-6-2-1-3-9-4-5-11-10(7-9)12-8-14-11/h4-5,7-8,13H,2,6H2. The van der Waals surface area contributed by atoms with Gasteiger partial charge in [-0.25, -0.2) is 4.98 Å². The zero-order valence-corrected chi connectivity index (χ0v) is 9.24. The number of fused-ring (bicyclic) bond motifs is 1. The van der Waals surface area contributed by atoms with Crippen LogP contribution in [0.1, 0.15) is 12.0 Å². The molecule has 0 unspecified atom stereocenters. The summed E-state index contributed by atoms with van der Waals surface area (Å²) >= 11 is 5.76. The summed E-state index contributed by atoms with van der Waals surface area (Å²) in [6.07, 6.45) is 0.832. The van der Waals surface area contributed by atoms with Gasteiger partial charge in [0.15, 0.2) is 0 Å². The summed E-state index contributed by atoms with van der Waals surface area (Å²) < 4.78 is 1.21. The lowest BCUT2D eigenvalue weighted by Crippen LogP contribution is -1.75. The average Bonchev–Trinajstić information content (AvgIpc) is 2.65. The Morgan fingerprint density at radius 2 is 2.36 bits per heavy atom. The van der Waals surface area contributed by atoms with Crippen LogP contribution < -0.4 is 0 Å². The zero-order chi connectivity index (χ0) is 9.80. The molecule has 2 aromatic rings. The predicted octanol–water partition coefficient (Wildman–Crippen LogP) is 2.97. The van der Waals surface area contributed by atoms with Crippen molar-refractivity contribution in [3.8, 4) is 11.8 Å². The average molecular weight is 219 g/mol. The summed E-state index contributed by atoms with van der Waals surface area (Å²) in [6, 6.07) is 6.13. The van der Waals surface area contributed by atoms with Crippen molar-refractivity contribution >= 4 is 34.2 Å². The van der Waals surface area contributed by atoms with E-state index < -0.39 is 0 Å². The van der Waals surface area contributed by atoms with Crippen LogP contribution in [0.25, 0.3) is 10.2 Å². The molecule has 0 radical (unpaired) electrons. The summed E-state index contributed by atoms with van der Waals surface area (Å²) in [7, 11) is 0. The first kappa shape index (κ1) is 9.57. The molecule has 0 fully saturated rings. The Bertz CT molecular complexity index is 490. The van der Waals surface area contributed by atoms with E-state index in [4.69, 9.17) is 0 Å². The van der Waals surface area contributed by atoms with E-state index in [9.17, 15) is 0 Å². The lowest BCUT2D eigenvalue weighted by atomic mass is 10.2. The number of rotatable bonds is 1. The van der Waals surface area contributed by atoms with Gasteiger partial charge < -0.3 is 0 Å². The van der Waals surface area contributed by atoms with E-state index in [0.29, 0.717) is 0 Å². The van der Waals surface area contributed by atoms with Gasteiger partial charge in [-0.3, -0.25) is 0 Å². The van der Waals surface area contributed by atoms with Crippen LogP contribution in [0.3, 0.4) is 0 Å². The monoisotopic (exact) mass is 219 g/mol. The molecule has 0 atom stereocenters. The predicted molar refractivity (Wildman–Crippen MR) is 65.0 cm³/mol. The highest BCUT2D eigenvalue weighted by Gasteiger charge is 1.95. The van der Waals surface area contributed by atoms with Crippen molar-refractivity contribution in [2.45, 2.75) is 6.42 Å². The minimum absolute atomic E-state index is 0.811. The van der Waals surface area contributed by atoms with E-state index in [0.717, 1.165) is 23.3 Å². The van der Waals surface area contributed by atoms with Gasteiger partial charge in [0, 0.05) is 17.7 Å². The number of thiazole rings is 1. The summed E-state index contributed by atoms with van der Waals surface area (Å²) in [5.41, 5.74) is 3.92. The first-order chi connectivity index (χ1) is 6.90. The third-order valence-electron chi connectivity index (χ3n) is 1.80. The Labute approximate surface area is 92.6 Å². The van der Waals surface area contributed by atoms with E-state index in [1.54, 1.807) is 11.3 Å². The fourth-order valence-corrected chi connectivity index (χ4v) is 1.93. The summed E-state index contributed by atoms with van der Waals surface area (Å²) in [6.45, 7) is 0. The topological polar surface area (TPSA) is 12.9 Å². The van der Waals surface area contributed by atoms with Crippen LogP contribution in [0.15, 0.2) is 23.7 Å². The van der Waals surface area contributed by atoms with Crippen molar-refractivity contribution < 1.29 is 0 Å². The van der Waals surface area contributed by atoms with Crippen LogP contribution in [0, 0.1) is 11.8 Å². The van der Waals surface area contributed by atoms with Gasteiger partial charge in [-0.2, -0.15) is 12.6 Å². The van der Waals surface area contributed by atoms with Crippen LogP contribution >= 0.6 is 24.0 Å². The molecule has 70 valence electrons. The Morgan fingerprint density at radius 1 is 1.43 bits per heavy atom. The SMILES string of the molecule is SCCC#Cc1ccc2scnc2c1. The van der Waals surface area contributed by atoms with Crippen molar-refractivity contribution in [3.05, 3.63) is 29.3 Å². The highest BCUT2D eigenvalue weighted by atomic mass is 32.1. The van der Waals surface area contributed by atoms with E-state index in [2.05, 4.69) is 35.5 Å². The van der Waals surface area contributed by atoms with Gasteiger partial charge in [-0.1, -0.05) is 11.8 Å². The van der Waals surface area contributed by atoms with Gasteiger partial charge in [0.1, 0.15) is 0 Å². The molecule has 0 aliphatic carbocycles. The maximum absolute atomic E-state index is 4.24. The molecule has 0 aliphatic rings. The molecule has 3 heteroatoms. The van der Waals surface area contributed by atoms with Gasteiger partial charge in [0.25, 0.3) is 0 Å². The molecule has 0 saturated heterocycles. The molecule has 1 aromatic heterocycles. The molecule has 0 bridgehead atoms. The molecule has 0 aliphatic heterocycles. The quantitative estimate of drug-likeness (QED) is 0.575. The molecule has 14 heavy (non-hydrogen) atoms. The van der Waals surface area contributed by atoms with Crippen LogP contribution in [0.5, 0.6) is 0 Å². The second-order valence-corrected chi connectivity index (χ2v) is 4.14. The Kier molecular flexibility index (Phi) is 3.07. The fraction of sp³-hybridized carbons (Fsp3) is 0.182. The molecule has 0 amide bonds. The smallest absolute Gasteiger partial charge is 0.0824 e. The maximum Gasteiger partial charge on any atom is 0.0824 e. The first-order valence-electron chi connectivity index (χ1n) is 4.33. The van der Waals surface area contributed by atoms with Gasteiger partial charge >= 0.3 is 0 Å². The number of thiol groups is 1. The van der Waals surface area contributed by atoms with Crippen LogP contribution in [0.4, 0.5) is 0 Å². The highest BCUT2D eigenvalue weighted by molar-refractivity contribution is 7.80. The van der Waals surface area contributed by atoms with Gasteiger partial charge in [0.05, 0.1) is 15.7 Å². The van der Waals surface area contributed by atoms with Crippen molar-refractivity contribution in [1.29, 1.82) is 0 Å². The van der Waals surface area contributed by atoms with E-state index in [1.807, 2.05) is 17.6 Å². The minimum Gasteiger partial charge on any atom is -0.245 e. The van der Waals surface area contributed by atoms with Crippen molar-refractivity contribution in [3.63, 3.8) is 0 Å². The third-order valence-corrected chi connectivity index (χ3v) is 2.83. The number of hydrogen-bond donors (Lipinski definition) is 1. The van der Waals surface area contributed by atoms with E-state index in [1.165, 1.54) is 4.70 Å². The van der Waals surface area contributed by atoms with Crippen LogP contribution in [0.2, 0.25) is 0 Å². The second kappa shape index (κ2) is 4.50. The molecule has 0 spiro atoms. The van der Waals surface area contributed by atoms with Crippen molar-refractivity contribution in [2.75, 3.05) is 5.75 Å². The summed E-state index contributed by atoms with van der Waals surface area (Å²) in [5.74, 6) is 6.96. The number of aromatic nitrogens is 1. The molecular weight excluding hydrogens is 210 g/mol. The lowest BCUT2D eigenvalue weighted by molar-refractivity contribution is 1.31. The third kappa shape index (κ3) is 2.09. The lowest BCUT2D eigenvalue weighted by Gasteiger charge is -1.89. The van der Waals surface area contributed by atoms with Crippen LogP contribution in [-0.4, -0.2) is 10.7 Å². The van der Waals surface area contributed by atoms with E-state index >= 15 is 0 Å². The normalized spacial score (nSPS) is 9.79. The number of hydrogen-bond acceptors (Lipinski definition) is 3. The largest absolute Gasteiger partial charge is 0.245 e. The Hall–Kier alpha value is -0.980. The van der Waals surface area contributed by atoms with Gasteiger partial charge in [0.2, 0.25) is 0 Å². The molecule has 0 N–H and O–H groups in total. The van der Waals surface area contributed by atoms with Crippen molar-refractivity contribution in [1.82, 2.24) is 4.98 Å². The fourth-order valence-electron chi connectivity index (χ4n) is 1.16. The Balaban J connectivity index is 2.31.